The number of benzene rings is 2. The lowest BCUT2D eigenvalue weighted by molar-refractivity contribution is 0.414. The van der Waals surface area contributed by atoms with E-state index in [9.17, 15) is 4.79 Å². The highest BCUT2D eigenvalue weighted by Crippen LogP contribution is 2.16. The van der Waals surface area contributed by atoms with Crippen LogP contribution in [0.4, 0.5) is 5.82 Å². The number of aromatic amines is 1. The van der Waals surface area contributed by atoms with Crippen LogP contribution in [-0.4, -0.2) is 30.4 Å². The molecular weight excluding hydrogens is 340 g/mol. The number of nitrogens with zero attached hydrogens (tertiary/aromatic N) is 1. The van der Waals surface area contributed by atoms with Crippen LogP contribution in [0, 0.1) is 0 Å². The van der Waals surface area contributed by atoms with Crippen LogP contribution in [0.5, 0.6) is 5.75 Å². The maximum Gasteiger partial charge on any atom is 0.272 e. The van der Waals surface area contributed by atoms with Crippen molar-refractivity contribution in [3.63, 3.8) is 0 Å². The summed E-state index contributed by atoms with van der Waals surface area (Å²) in [6, 6.07) is 15.5. The average molecular weight is 364 g/mol. The topological polar surface area (TPSA) is 79.0 Å². The molecule has 0 saturated heterocycles. The summed E-state index contributed by atoms with van der Waals surface area (Å²) in [6.07, 6.45) is 2.94. The molecule has 140 valence electrons. The summed E-state index contributed by atoms with van der Waals surface area (Å²) in [4.78, 5) is 11.8. The van der Waals surface area contributed by atoms with Gasteiger partial charge in [0.25, 0.3) is 5.56 Å². The van der Waals surface area contributed by atoms with Crippen LogP contribution in [0.3, 0.4) is 0 Å². The number of methoxy groups -OCH3 is 1. The molecule has 0 atom stereocenters. The van der Waals surface area contributed by atoms with E-state index in [4.69, 9.17) is 4.74 Å². The number of ether oxygens (including phenoxy) is 1. The first-order valence-electron chi connectivity index (χ1n) is 8.90. The number of rotatable bonds is 8. The molecule has 27 heavy (non-hydrogen) atoms. The minimum absolute atomic E-state index is 0.177. The molecule has 0 radical (unpaired) electrons. The fraction of sp³-hybridized carbons (Fsp3) is 0.238. The van der Waals surface area contributed by atoms with Gasteiger partial charge in [-0.15, -0.1) is 0 Å². The van der Waals surface area contributed by atoms with E-state index in [1.54, 1.807) is 13.2 Å². The standard InChI is InChI=1S/C21H24N4O2/c1-15(13-22-12-11-16-7-9-17(27-2)10-8-16)14-23-20-18-5-3-4-6-19(18)21(26)25-24-20/h3-10,13,22H,11-12,14H2,1-2H3,(H,23,24)(H,25,26)/b15-13+. The van der Waals surface area contributed by atoms with Gasteiger partial charge >= 0.3 is 0 Å². The fourth-order valence-electron chi connectivity index (χ4n) is 2.78. The Balaban J connectivity index is 1.51. The number of nitrogens with one attached hydrogen (secondary N) is 3. The Morgan fingerprint density at radius 3 is 2.63 bits per heavy atom. The molecule has 3 rings (SSSR count). The second-order valence-electron chi connectivity index (χ2n) is 6.34. The predicted molar refractivity (Wildman–Crippen MR) is 109 cm³/mol. The molecule has 6 nitrogen and oxygen atoms in total. The van der Waals surface area contributed by atoms with Gasteiger partial charge in [0.2, 0.25) is 0 Å². The van der Waals surface area contributed by atoms with Gasteiger partial charge < -0.3 is 15.4 Å². The highest BCUT2D eigenvalue weighted by molar-refractivity contribution is 5.90. The normalized spacial score (nSPS) is 11.4. The summed E-state index contributed by atoms with van der Waals surface area (Å²) in [6.45, 7) is 3.53. The molecule has 3 aromatic rings. The first kappa shape index (κ1) is 18.5. The molecule has 1 heterocycles. The molecule has 0 saturated carbocycles. The maximum absolute atomic E-state index is 11.8. The zero-order valence-corrected chi connectivity index (χ0v) is 15.6. The summed E-state index contributed by atoms with van der Waals surface area (Å²) < 4.78 is 5.17. The largest absolute Gasteiger partial charge is 0.497 e. The summed E-state index contributed by atoms with van der Waals surface area (Å²) in [5.41, 5.74) is 2.22. The molecule has 0 bridgehead atoms. The Kier molecular flexibility index (Phi) is 6.10. The van der Waals surface area contributed by atoms with Gasteiger partial charge in [0.1, 0.15) is 5.75 Å². The summed E-state index contributed by atoms with van der Waals surface area (Å²) >= 11 is 0. The average Bonchev–Trinajstić information content (AvgIpc) is 2.71. The van der Waals surface area contributed by atoms with Crippen molar-refractivity contribution in [2.45, 2.75) is 13.3 Å². The molecule has 0 aliphatic rings. The SMILES string of the molecule is COc1ccc(CCN/C=C(\C)CNc2n[nH]c(=O)c3ccccc23)cc1. The highest BCUT2D eigenvalue weighted by atomic mass is 16.5. The maximum atomic E-state index is 11.8. The van der Waals surface area contributed by atoms with Crippen LogP contribution < -0.4 is 20.9 Å². The van der Waals surface area contributed by atoms with E-state index >= 15 is 0 Å². The molecule has 0 spiro atoms. The van der Waals surface area contributed by atoms with Gasteiger partial charge in [0, 0.05) is 18.5 Å². The van der Waals surface area contributed by atoms with Crippen LogP contribution in [0.15, 0.2) is 65.1 Å². The first-order chi connectivity index (χ1) is 13.2. The van der Waals surface area contributed by atoms with Crippen LogP contribution in [0.2, 0.25) is 0 Å². The number of aromatic nitrogens is 2. The van der Waals surface area contributed by atoms with Crippen molar-refractivity contribution in [2.75, 3.05) is 25.5 Å². The van der Waals surface area contributed by atoms with Crippen molar-refractivity contribution in [3.05, 3.63) is 76.2 Å². The molecule has 1 aromatic heterocycles. The highest BCUT2D eigenvalue weighted by Gasteiger charge is 2.05. The van der Waals surface area contributed by atoms with E-state index < -0.39 is 0 Å². The fourth-order valence-corrected chi connectivity index (χ4v) is 2.78. The molecular formula is C21H24N4O2. The van der Waals surface area contributed by atoms with E-state index in [0.717, 1.165) is 29.7 Å². The van der Waals surface area contributed by atoms with Crippen molar-refractivity contribution in [2.24, 2.45) is 0 Å². The van der Waals surface area contributed by atoms with E-state index in [1.807, 2.05) is 43.5 Å². The zero-order valence-electron chi connectivity index (χ0n) is 15.6. The molecule has 6 heteroatoms. The van der Waals surface area contributed by atoms with Gasteiger partial charge in [-0.25, -0.2) is 5.10 Å². The van der Waals surface area contributed by atoms with Crippen molar-refractivity contribution < 1.29 is 4.74 Å². The van der Waals surface area contributed by atoms with Gasteiger partial charge in [0.05, 0.1) is 12.5 Å². The number of anilines is 1. The Hall–Kier alpha value is -3.28. The molecule has 0 unspecified atom stereocenters. The predicted octanol–water partition coefficient (Wildman–Crippen LogP) is 3.08. The minimum Gasteiger partial charge on any atom is -0.497 e. The quantitative estimate of drug-likeness (QED) is 0.535. The van der Waals surface area contributed by atoms with E-state index in [0.29, 0.717) is 17.7 Å². The van der Waals surface area contributed by atoms with Crippen molar-refractivity contribution in [3.8, 4) is 5.75 Å². The zero-order chi connectivity index (χ0) is 19.1. The molecule has 3 N–H and O–H groups in total. The van der Waals surface area contributed by atoms with Gasteiger partial charge in [-0.1, -0.05) is 30.3 Å². The molecule has 2 aromatic carbocycles. The lowest BCUT2D eigenvalue weighted by Gasteiger charge is -2.09. The lowest BCUT2D eigenvalue weighted by atomic mass is 10.1. The summed E-state index contributed by atoms with van der Waals surface area (Å²) in [5.74, 6) is 1.55. The van der Waals surface area contributed by atoms with E-state index in [-0.39, 0.29) is 5.56 Å². The van der Waals surface area contributed by atoms with Crippen molar-refractivity contribution in [1.82, 2.24) is 15.5 Å². The third kappa shape index (κ3) is 4.88. The van der Waals surface area contributed by atoms with Crippen LogP contribution >= 0.6 is 0 Å². The summed E-state index contributed by atoms with van der Waals surface area (Å²) in [7, 11) is 1.67. The van der Waals surface area contributed by atoms with E-state index in [2.05, 4.69) is 33.0 Å². The van der Waals surface area contributed by atoms with Gasteiger partial charge in [-0.05, 0) is 48.9 Å². The second-order valence-corrected chi connectivity index (χ2v) is 6.34. The number of hydrogen-bond acceptors (Lipinski definition) is 5. The Bertz CT molecular complexity index is 977. The third-order valence-electron chi connectivity index (χ3n) is 4.30. The number of hydrogen-bond donors (Lipinski definition) is 3. The van der Waals surface area contributed by atoms with Crippen LogP contribution in [0.25, 0.3) is 10.8 Å². The number of fused-ring (bicyclic) bond motifs is 1. The molecule has 0 aliphatic carbocycles. The molecule has 0 fully saturated rings. The van der Waals surface area contributed by atoms with Gasteiger partial charge in [-0.3, -0.25) is 4.79 Å². The van der Waals surface area contributed by atoms with Gasteiger partial charge in [-0.2, -0.15) is 5.10 Å². The summed E-state index contributed by atoms with van der Waals surface area (Å²) in [5, 5.41) is 14.7. The minimum atomic E-state index is -0.177. The molecule has 0 aliphatic heterocycles. The first-order valence-corrected chi connectivity index (χ1v) is 8.90. The van der Waals surface area contributed by atoms with Crippen LogP contribution in [-0.2, 0) is 6.42 Å². The Labute approximate surface area is 158 Å². The van der Waals surface area contributed by atoms with E-state index in [1.165, 1.54) is 5.56 Å². The monoisotopic (exact) mass is 364 g/mol. The van der Waals surface area contributed by atoms with Crippen molar-refractivity contribution >= 4 is 16.6 Å². The number of H-pyrrole nitrogens is 1. The third-order valence-corrected chi connectivity index (χ3v) is 4.30. The van der Waals surface area contributed by atoms with Crippen molar-refractivity contribution in [1.29, 1.82) is 0 Å². The Morgan fingerprint density at radius 1 is 1.15 bits per heavy atom. The Morgan fingerprint density at radius 2 is 1.89 bits per heavy atom. The lowest BCUT2D eigenvalue weighted by Crippen LogP contribution is -2.15. The molecule has 0 amide bonds. The van der Waals surface area contributed by atoms with Gasteiger partial charge in [0.15, 0.2) is 5.82 Å². The van der Waals surface area contributed by atoms with Crippen LogP contribution in [0.1, 0.15) is 12.5 Å². The second kappa shape index (κ2) is 8.89. The smallest absolute Gasteiger partial charge is 0.272 e.